The van der Waals surface area contributed by atoms with Crippen molar-refractivity contribution in [1.82, 2.24) is 19.3 Å². The molecule has 162 valence electrons. The molecule has 0 bridgehead atoms. The molecule has 2 aromatic heterocycles. The maximum absolute atomic E-state index is 13.2. The van der Waals surface area contributed by atoms with Crippen molar-refractivity contribution in [3.63, 3.8) is 0 Å². The third-order valence-electron chi connectivity index (χ3n) is 5.43. The number of nitrogens with zero attached hydrogens (tertiary/aromatic N) is 4. The number of carbonyl (C=O) groups is 1. The molecule has 0 saturated carbocycles. The Morgan fingerprint density at radius 1 is 1.10 bits per heavy atom. The van der Waals surface area contributed by atoms with Crippen molar-refractivity contribution in [3.05, 3.63) is 52.7 Å². The normalized spacial score (nSPS) is 17.5. The van der Waals surface area contributed by atoms with Crippen molar-refractivity contribution < 1.29 is 22.5 Å². The third-order valence-corrected chi connectivity index (χ3v) is 8.69. The number of rotatable bonds is 4. The van der Waals surface area contributed by atoms with Crippen LogP contribution >= 0.6 is 11.3 Å². The van der Waals surface area contributed by atoms with Gasteiger partial charge in [0.25, 0.3) is 10.0 Å². The van der Waals surface area contributed by atoms with E-state index < -0.39 is 10.0 Å². The van der Waals surface area contributed by atoms with Gasteiger partial charge in [0.2, 0.25) is 5.82 Å². The standard InChI is InChI=1S/C20H20N4O5S2/c25-20(23-7-9-28-10-8-23)19-21-18(22-29-19)16-11-17(30-13-16)31(26,27)24-6-5-14-3-1-2-4-15(14)12-24/h1-4,11,13H,5-10,12H2. The summed E-state index contributed by atoms with van der Waals surface area (Å²) in [6, 6.07) is 9.42. The molecular weight excluding hydrogens is 440 g/mol. The Bertz CT molecular complexity index is 1210. The summed E-state index contributed by atoms with van der Waals surface area (Å²) in [7, 11) is -3.64. The molecule has 31 heavy (non-hydrogen) atoms. The van der Waals surface area contributed by atoms with Gasteiger partial charge < -0.3 is 14.2 Å². The average Bonchev–Trinajstić information content (AvgIpc) is 3.49. The molecule has 0 aliphatic carbocycles. The van der Waals surface area contributed by atoms with Crippen LogP contribution in [0.25, 0.3) is 11.4 Å². The Morgan fingerprint density at radius 3 is 2.68 bits per heavy atom. The summed E-state index contributed by atoms with van der Waals surface area (Å²) < 4.78 is 38.4. The largest absolute Gasteiger partial charge is 0.378 e. The zero-order chi connectivity index (χ0) is 21.4. The summed E-state index contributed by atoms with van der Waals surface area (Å²) in [6.07, 6.45) is 0.686. The van der Waals surface area contributed by atoms with Gasteiger partial charge in [0.1, 0.15) is 4.21 Å². The van der Waals surface area contributed by atoms with Gasteiger partial charge in [-0.15, -0.1) is 11.3 Å². The van der Waals surface area contributed by atoms with Gasteiger partial charge >= 0.3 is 11.8 Å². The number of carbonyl (C=O) groups excluding carboxylic acids is 1. The molecule has 0 unspecified atom stereocenters. The highest BCUT2D eigenvalue weighted by molar-refractivity contribution is 7.91. The molecule has 3 aromatic rings. The van der Waals surface area contributed by atoms with Crippen LogP contribution in [0.3, 0.4) is 0 Å². The van der Waals surface area contributed by atoms with Gasteiger partial charge in [-0.3, -0.25) is 4.79 Å². The van der Waals surface area contributed by atoms with Crippen LogP contribution in [0.4, 0.5) is 0 Å². The van der Waals surface area contributed by atoms with E-state index in [1.807, 2.05) is 24.3 Å². The van der Waals surface area contributed by atoms with Crippen molar-refractivity contribution in [3.8, 4) is 11.4 Å². The number of fused-ring (bicyclic) bond motifs is 1. The highest BCUT2D eigenvalue weighted by Gasteiger charge is 2.30. The minimum atomic E-state index is -3.64. The second kappa shape index (κ2) is 8.15. The van der Waals surface area contributed by atoms with Gasteiger partial charge in [0.05, 0.1) is 13.2 Å². The van der Waals surface area contributed by atoms with E-state index in [4.69, 9.17) is 9.26 Å². The smallest absolute Gasteiger partial charge is 0.316 e. The van der Waals surface area contributed by atoms with Crippen molar-refractivity contribution in [2.75, 3.05) is 32.8 Å². The molecule has 1 aromatic carbocycles. The van der Waals surface area contributed by atoms with E-state index in [0.29, 0.717) is 51.4 Å². The average molecular weight is 461 g/mol. The summed E-state index contributed by atoms with van der Waals surface area (Å²) in [4.78, 5) is 18.3. The van der Waals surface area contributed by atoms with E-state index in [9.17, 15) is 13.2 Å². The summed E-state index contributed by atoms with van der Waals surface area (Å²) in [5.74, 6) is -0.268. The van der Waals surface area contributed by atoms with E-state index >= 15 is 0 Å². The number of benzene rings is 1. The molecule has 5 rings (SSSR count). The molecule has 2 aliphatic heterocycles. The number of sulfonamides is 1. The van der Waals surface area contributed by atoms with Gasteiger partial charge in [-0.05, 0) is 23.6 Å². The Morgan fingerprint density at radius 2 is 1.87 bits per heavy atom. The zero-order valence-electron chi connectivity index (χ0n) is 16.6. The van der Waals surface area contributed by atoms with Gasteiger partial charge in [-0.2, -0.15) is 9.29 Å². The SMILES string of the molecule is O=C(c1nc(-c2csc(S(=O)(=O)N3CCc4ccccc4C3)c2)no1)N1CCOCC1. The van der Waals surface area contributed by atoms with Gasteiger partial charge in [0.15, 0.2) is 0 Å². The van der Waals surface area contributed by atoms with Crippen LogP contribution in [0.5, 0.6) is 0 Å². The number of aromatic nitrogens is 2. The van der Waals surface area contributed by atoms with E-state index in [1.54, 1.807) is 10.3 Å². The van der Waals surface area contributed by atoms with Crippen molar-refractivity contribution in [2.45, 2.75) is 17.2 Å². The van der Waals surface area contributed by atoms with E-state index in [-0.39, 0.29) is 21.8 Å². The molecule has 4 heterocycles. The molecule has 0 N–H and O–H groups in total. The predicted molar refractivity (Wildman–Crippen MR) is 112 cm³/mol. The lowest BCUT2D eigenvalue weighted by Crippen LogP contribution is -2.40. The summed E-state index contributed by atoms with van der Waals surface area (Å²) in [5.41, 5.74) is 2.72. The lowest BCUT2D eigenvalue weighted by molar-refractivity contribution is 0.0272. The van der Waals surface area contributed by atoms with E-state index in [0.717, 1.165) is 16.9 Å². The maximum Gasteiger partial charge on any atom is 0.316 e. The first-order chi connectivity index (χ1) is 15.0. The summed E-state index contributed by atoms with van der Waals surface area (Å²) >= 11 is 1.11. The number of amides is 1. The van der Waals surface area contributed by atoms with E-state index in [1.165, 1.54) is 15.9 Å². The maximum atomic E-state index is 13.2. The fraction of sp³-hybridized carbons (Fsp3) is 0.350. The topological polar surface area (TPSA) is 106 Å². The van der Waals surface area contributed by atoms with Crippen molar-refractivity contribution in [2.24, 2.45) is 0 Å². The van der Waals surface area contributed by atoms with Crippen molar-refractivity contribution in [1.29, 1.82) is 0 Å². The minimum Gasteiger partial charge on any atom is -0.378 e. The molecule has 1 fully saturated rings. The number of ether oxygens (including phenoxy) is 1. The molecule has 0 spiro atoms. The summed E-state index contributed by atoms with van der Waals surface area (Å²) in [5, 5.41) is 5.54. The van der Waals surface area contributed by atoms with Crippen LogP contribution in [-0.2, 0) is 27.7 Å². The Hall–Kier alpha value is -2.60. The molecule has 9 nitrogen and oxygen atoms in total. The fourth-order valence-corrected chi connectivity index (χ4v) is 6.43. The van der Waals surface area contributed by atoms with Crippen molar-refractivity contribution >= 4 is 27.3 Å². The van der Waals surface area contributed by atoms with Crippen LogP contribution in [-0.4, -0.2) is 66.5 Å². The molecule has 11 heteroatoms. The Labute approximate surface area is 183 Å². The monoisotopic (exact) mass is 460 g/mol. The lowest BCUT2D eigenvalue weighted by atomic mass is 10.0. The van der Waals surface area contributed by atoms with E-state index in [2.05, 4.69) is 10.1 Å². The molecular formula is C20H20N4O5S2. The van der Waals surface area contributed by atoms with Gasteiger partial charge in [-0.1, -0.05) is 29.4 Å². The lowest BCUT2D eigenvalue weighted by Gasteiger charge is -2.27. The highest BCUT2D eigenvalue weighted by Crippen LogP contribution is 2.31. The first-order valence-corrected chi connectivity index (χ1v) is 12.2. The van der Waals surface area contributed by atoms with Crippen LogP contribution in [0.2, 0.25) is 0 Å². The molecule has 2 aliphatic rings. The number of thiophene rings is 1. The number of morpholine rings is 1. The van der Waals surface area contributed by atoms with Gasteiger partial charge in [-0.25, -0.2) is 8.42 Å². The summed E-state index contributed by atoms with van der Waals surface area (Å²) in [6.45, 7) is 2.67. The van der Waals surface area contributed by atoms with Crippen LogP contribution in [0.1, 0.15) is 21.8 Å². The second-order valence-corrected chi connectivity index (χ2v) is 10.4. The van der Waals surface area contributed by atoms with Crippen LogP contribution in [0, 0.1) is 0 Å². The molecule has 0 atom stereocenters. The first-order valence-electron chi connectivity index (χ1n) is 9.89. The quantitative estimate of drug-likeness (QED) is 0.586. The second-order valence-electron chi connectivity index (χ2n) is 7.34. The zero-order valence-corrected chi connectivity index (χ0v) is 18.2. The Kier molecular flexibility index (Phi) is 5.34. The first kappa shape index (κ1) is 20.3. The highest BCUT2D eigenvalue weighted by atomic mass is 32.2. The fourth-order valence-electron chi connectivity index (χ4n) is 3.70. The number of hydrogen-bond acceptors (Lipinski definition) is 8. The number of hydrogen-bond donors (Lipinski definition) is 0. The molecule has 1 saturated heterocycles. The Balaban J connectivity index is 1.34. The predicted octanol–water partition coefficient (Wildman–Crippen LogP) is 2.02. The minimum absolute atomic E-state index is 0.111. The molecule has 0 radical (unpaired) electrons. The van der Waals surface area contributed by atoms with Crippen LogP contribution < -0.4 is 0 Å². The van der Waals surface area contributed by atoms with Gasteiger partial charge in [0, 0.05) is 37.1 Å². The van der Waals surface area contributed by atoms with Crippen LogP contribution in [0.15, 0.2) is 44.4 Å². The molecule has 1 amide bonds. The third kappa shape index (κ3) is 3.89.